The molecule has 0 saturated carbocycles. The minimum Gasteiger partial charge on any atom is -0.350 e. The van der Waals surface area contributed by atoms with Crippen molar-refractivity contribution in [1.29, 1.82) is 0 Å². The van der Waals surface area contributed by atoms with Crippen molar-refractivity contribution in [2.45, 2.75) is 19.3 Å². The van der Waals surface area contributed by atoms with Gasteiger partial charge in [-0.15, -0.1) is 0 Å². The fourth-order valence-electron chi connectivity index (χ4n) is 3.76. The molecule has 4 rings (SSSR count). The lowest BCUT2D eigenvalue weighted by Gasteiger charge is -2.37. The van der Waals surface area contributed by atoms with Gasteiger partial charge < -0.3 is 14.3 Å². The molecule has 2 aromatic rings. The van der Waals surface area contributed by atoms with Gasteiger partial charge in [0.05, 0.1) is 11.1 Å². The number of rotatable bonds is 2. The van der Waals surface area contributed by atoms with Crippen LogP contribution in [0, 0.1) is 5.41 Å². The molecule has 2 amide bonds. The molecule has 0 aromatic carbocycles. The quantitative estimate of drug-likeness (QED) is 0.833. The molecule has 0 atom stereocenters. The summed E-state index contributed by atoms with van der Waals surface area (Å²) in [5, 5.41) is 3.95. The van der Waals surface area contributed by atoms with Crippen molar-refractivity contribution in [1.82, 2.24) is 19.9 Å². The highest BCUT2D eigenvalue weighted by atomic mass is 16.5. The van der Waals surface area contributed by atoms with E-state index < -0.39 is 0 Å². The third kappa shape index (κ3) is 2.69. The average molecular weight is 340 g/mol. The first-order valence-electron chi connectivity index (χ1n) is 8.52. The van der Waals surface area contributed by atoms with E-state index in [1.807, 2.05) is 25.2 Å². The second kappa shape index (κ2) is 5.98. The maximum absolute atomic E-state index is 12.7. The van der Waals surface area contributed by atoms with Gasteiger partial charge in [0.25, 0.3) is 5.91 Å². The summed E-state index contributed by atoms with van der Waals surface area (Å²) in [6.45, 7) is 1.94. The average Bonchev–Trinajstić information content (AvgIpc) is 3.25. The Bertz CT molecular complexity index is 794. The van der Waals surface area contributed by atoms with Crippen LogP contribution >= 0.6 is 0 Å². The van der Waals surface area contributed by atoms with E-state index in [0.29, 0.717) is 37.3 Å². The Morgan fingerprint density at radius 1 is 1.16 bits per heavy atom. The number of likely N-dealkylation sites (tertiary alicyclic amines) is 2. The molecule has 2 aliphatic rings. The van der Waals surface area contributed by atoms with E-state index in [0.717, 1.165) is 13.0 Å². The van der Waals surface area contributed by atoms with Crippen LogP contribution < -0.4 is 0 Å². The summed E-state index contributed by atoms with van der Waals surface area (Å²) in [4.78, 5) is 32.8. The molecule has 130 valence electrons. The van der Waals surface area contributed by atoms with Gasteiger partial charge in [-0.2, -0.15) is 0 Å². The van der Waals surface area contributed by atoms with E-state index >= 15 is 0 Å². The standard InChI is InChI=1S/C18H20N4O3/c1-21-9-5-18(17(21)24)6-10-22(11-7-18)16(23)15-12-14(20-25-15)13-4-2-3-8-19-13/h2-4,8,12H,5-7,9-11H2,1H3. The molecule has 2 saturated heterocycles. The summed E-state index contributed by atoms with van der Waals surface area (Å²) < 4.78 is 5.23. The number of hydrogen-bond donors (Lipinski definition) is 0. The Hall–Kier alpha value is -2.70. The number of aromatic nitrogens is 2. The van der Waals surface area contributed by atoms with Crippen LogP contribution in [0.1, 0.15) is 29.8 Å². The van der Waals surface area contributed by atoms with Crippen molar-refractivity contribution in [3.8, 4) is 11.4 Å². The first kappa shape index (κ1) is 15.8. The summed E-state index contributed by atoms with van der Waals surface area (Å²) >= 11 is 0. The van der Waals surface area contributed by atoms with E-state index in [4.69, 9.17) is 4.52 Å². The highest BCUT2D eigenvalue weighted by molar-refractivity contribution is 5.93. The number of piperidine rings is 1. The lowest BCUT2D eigenvalue weighted by Crippen LogP contribution is -2.46. The van der Waals surface area contributed by atoms with Crippen LogP contribution in [-0.2, 0) is 4.79 Å². The molecule has 0 bridgehead atoms. The minimum atomic E-state index is -0.272. The molecule has 4 heterocycles. The second-order valence-corrected chi connectivity index (χ2v) is 6.84. The summed E-state index contributed by atoms with van der Waals surface area (Å²) in [5.74, 6) is 0.256. The number of nitrogens with zero attached hydrogens (tertiary/aromatic N) is 4. The Kier molecular flexibility index (Phi) is 3.78. The normalized spacial score (nSPS) is 19.6. The summed E-state index contributed by atoms with van der Waals surface area (Å²) in [6, 6.07) is 7.13. The van der Waals surface area contributed by atoms with Gasteiger partial charge in [-0.3, -0.25) is 14.6 Å². The number of amides is 2. The van der Waals surface area contributed by atoms with Gasteiger partial charge in [0.1, 0.15) is 5.69 Å². The number of carbonyl (C=O) groups is 2. The second-order valence-electron chi connectivity index (χ2n) is 6.84. The lowest BCUT2D eigenvalue weighted by molar-refractivity contribution is -0.137. The van der Waals surface area contributed by atoms with Crippen LogP contribution in [-0.4, -0.2) is 58.4 Å². The Morgan fingerprint density at radius 3 is 2.56 bits per heavy atom. The molecule has 1 spiro atoms. The van der Waals surface area contributed by atoms with Gasteiger partial charge in [0, 0.05) is 38.9 Å². The van der Waals surface area contributed by atoms with Crippen molar-refractivity contribution in [3.05, 3.63) is 36.2 Å². The van der Waals surface area contributed by atoms with E-state index in [9.17, 15) is 9.59 Å². The third-order valence-corrected chi connectivity index (χ3v) is 5.38. The van der Waals surface area contributed by atoms with Crippen molar-refractivity contribution < 1.29 is 14.1 Å². The number of carbonyl (C=O) groups excluding carboxylic acids is 2. The Labute approximate surface area is 145 Å². The smallest absolute Gasteiger partial charge is 0.292 e. The van der Waals surface area contributed by atoms with Crippen LogP contribution in [0.4, 0.5) is 0 Å². The van der Waals surface area contributed by atoms with Gasteiger partial charge in [-0.05, 0) is 31.4 Å². The maximum atomic E-state index is 12.7. The summed E-state index contributed by atoms with van der Waals surface area (Å²) in [5.41, 5.74) is 0.944. The third-order valence-electron chi connectivity index (χ3n) is 5.38. The van der Waals surface area contributed by atoms with Gasteiger partial charge >= 0.3 is 0 Å². The van der Waals surface area contributed by atoms with Gasteiger partial charge in [-0.1, -0.05) is 11.2 Å². The molecule has 7 heteroatoms. The van der Waals surface area contributed by atoms with Gasteiger partial charge in [0.15, 0.2) is 0 Å². The van der Waals surface area contributed by atoms with Crippen molar-refractivity contribution in [2.75, 3.05) is 26.7 Å². The van der Waals surface area contributed by atoms with E-state index in [1.54, 1.807) is 22.1 Å². The predicted octanol–water partition coefficient (Wildman–Crippen LogP) is 1.82. The van der Waals surface area contributed by atoms with Crippen molar-refractivity contribution >= 4 is 11.8 Å². The van der Waals surface area contributed by atoms with Crippen LogP contribution in [0.25, 0.3) is 11.4 Å². The molecule has 0 aliphatic carbocycles. The Balaban J connectivity index is 1.45. The van der Waals surface area contributed by atoms with Crippen LogP contribution in [0.2, 0.25) is 0 Å². The SMILES string of the molecule is CN1CCC2(CCN(C(=O)c3cc(-c4ccccn4)no3)CC2)C1=O. The van der Waals surface area contributed by atoms with Gasteiger partial charge in [0.2, 0.25) is 11.7 Å². The van der Waals surface area contributed by atoms with E-state index in [-0.39, 0.29) is 23.0 Å². The fraction of sp³-hybridized carbons (Fsp3) is 0.444. The molecule has 2 aromatic heterocycles. The van der Waals surface area contributed by atoms with Gasteiger partial charge in [-0.25, -0.2) is 0 Å². The Morgan fingerprint density at radius 2 is 1.92 bits per heavy atom. The molecule has 0 unspecified atom stereocenters. The summed E-state index contributed by atoms with van der Waals surface area (Å²) in [7, 11) is 1.85. The number of pyridine rings is 1. The molecule has 7 nitrogen and oxygen atoms in total. The molecule has 0 N–H and O–H groups in total. The van der Waals surface area contributed by atoms with E-state index in [2.05, 4.69) is 10.1 Å². The first-order valence-corrected chi connectivity index (χ1v) is 8.52. The lowest BCUT2D eigenvalue weighted by atomic mass is 9.77. The maximum Gasteiger partial charge on any atom is 0.292 e. The molecule has 2 fully saturated rings. The van der Waals surface area contributed by atoms with Crippen LogP contribution in [0.3, 0.4) is 0 Å². The number of hydrogen-bond acceptors (Lipinski definition) is 5. The van der Waals surface area contributed by atoms with Crippen LogP contribution in [0.5, 0.6) is 0 Å². The minimum absolute atomic E-state index is 0.177. The molecule has 25 heavy (non-hydrogen) atoms. The first-order chi connectivity index (χ1) is 12.1. The topological polar surface area (TPSA) is 79.5 Å². The molecule has 0 radical (unpaired) electrons. The van der Waals surface area contributed by atoms with Crippen molar-refractivity contribution in [2.24, 2.45) is 5.41 Å². The highest BCUT2D eigenvalue weighted by Crippen LogP contribution is 2.41. The fourth-order valence-corrected chi connectivity index (χ4v) is 3.76. The van der Waals surface area contributed by atoms with Crippen LogP contribution in [0.15, 0.2) is 35.0 Å². The predicted molar refractivity (Wildman–Crippen MR) is 89.6 cm³/mol. The molecular formula is C18H20N4O3. The summed E-state index contributed by atoms with van der Waals surface area (Å²) in [6.07, 6.45) is 3.98. The highest BCUT2D eigenvalue weighted by Gasteiger charge is 2.47. The van der Waals surface area contributed by atoms with Crippen molar-refractivity contribution in [3.63, 3.8) is 0 Å². The largest absolute Gasteiger partial charge is 0.350 e. The zero-order chi connectivity index (χ0) is 17.4. The van der Waals surface area contributed by atoms with E-state index in [1.165, 1.54) is 0 Å². The molecule has 2 aliphatic heterocycles. The molecular weight excluding hydrogens is 320 g/mol. The zero-order valence-electron chi connectivity index (χ0n) is 14.1. The zero-order valence-corrected chi connectivity index (χ0v) is 14.1. The monoisotopic (exact) mass is 340 g/mol.